The predicted octanol–water partition coefficient (Wildman–Crippen LogP) is 16.8. The third-order valence-corrected chi connectivity index (χ3v) is 12.1. The van der Waals surface area contributed by atoms with Gasteiger partial charge in [-0.25, -0.2) is 0 Å². The molecule has 11 rings (SSSR count). The van der Waals surface area contributed by atoms with Crippen LogP contribution in [-0.4, -0.2) is 0 Å². The fourth-order valence-electron chi connectivity index (χ4n) is 9.39. The summed E-state index contributed by atoms with van der Waals surface area (Å²) in [6.07, 6.45) is 0. The second-order valence-corrected chi connectivity index (χ2v) is 16.9. The molecule has 0 radical (unpaired) electrons. The molecule has 1 heterocycles. The number of furan rings is 1. The highest BCUT2D eigenvalue weighted by Gasteiger charge is 2.27. The van der Waals surface area contributed by atoms with E-state index in [1.54, 1.807) is 0 Å². The molecule has 0 bridgehead atoms. The first-order valence-electron chi connectivity index (χ1n) is 20.8. The predicted molar refractivity (Wildman–Crippen MR) is 256 cm³/mol. The van der Waals surface area contributed by atoms with Crippen LogP contribution in [-0.2, 0) is 5.41 Å². The topological polar surface area (TPSA) is 16.4 Å². The summed E-state index contributed by atoms with van der Waals surface area (Å²) < 4.78 is 6.70. The van der Waals surface area contributed by atoms with E-state index < -0.39 is 0 Å². The molecular weight excluding hydrogens is 727 g/mol. The Morgan fingerprint density at radius 3 is 1.32 bits per heavy atom. The third kappa shape index (κ3) is 6.03. The number of fused-ring (bicyclic) bond motifs is 7. The van der Waals surface area contributed by atoms with Crippen LogP contribution in [0.2, 0.25) is 0 Å². The summed E-state index contributed by atoms with van der Waals surface area (Å²) in [5.74, 6) is 0.919. The number of hydrogen-bond acceptors (Lipinski definition) is 2. The Balaban J connectivity index is 1.06. The first-order valence-corrected chi connectivity index (χ1v) is 20.8. The van der Waals surface area contributed by atoms with Crippen molar-refractivity contribution in [1.29, 1.82) is 0 Å². The van der Waals surface area contributed by atoms with Gasteiger partial charge in [0, 0.05) is 33.6 Å². The van der Waals surface area contributed by atoms with Crippen LogP contribution in [0.5, 0.6) is 0 Å². The molecule has 0 saturated carbocycles. The molecule has 0 saturated heterocycles. The van der Waals surface area contributed by atoms with Crippen molar-refractivity contribution in [2.75, 3.05) is 4.90 Å². The molecule has 2 heteroatoms. The lowest BCUT2D eigenvalue weighted by molar-refractivity contribution is 0.568. The highest BCUT2D eigenvalue weighted by atomic mass is 16.3. The van der Waals surface area contributed by atoms with Gasteiger partial charge in [-0.1, -0.05) is 172 Å². The van der Waals surface area contributed by atoms with Gasteiger partial charge in [0.2, 0.25) is 0 Å². The number of para-hydroxylation sites is 1. The van der Waals surface area contributed by atoms with Gasteiger partial charge in [0.25, 0.3) is 0 Å². The Morgan fingerprint density at radius 2 is 0.800 bits per heavy atom. The maximum Gasteiger partial charge on any atom is 0.139 e. The smallest absolute Gasteiger partial charge is 0.139 e. The van der Waals surface area contributed by atoms with Crippen LogP contribution in [0, 0.1) is 0 Å². The van der Waals surface area contributed by atoms with Gasteiger partial charge < -0.3 is 9.32 Å². The molecule has 0 unspecified atom stereocenters. The van der Waals surface area contributed by atoms with E-state index >= 15 is 0 Å². The van der Waals surface area contributed by atoms with Crippen LogP contribution >= 0.6 is 0 Å². The largest absolute Gasteiger partial charge is 0.456 e. The van der Waals surface area contributed by atoms with Gasteiger partial charge in [-0.05, 0) is 125 Å². The van der Waals surface area contributed by atoms with Crippen molar-refractivity contribution in [2.45, 2.75) is 26.2 Å². The van der Waals surface area contributed by atoms with Crippen molar-refractivity contribution < 1.29 is 4.42 Å². The molecule has 0 spiro atoms. The minimum absolute atomic E-state index is 0.122. The number of nitrogens with zero attached hydrogens (tertiary/aromatic N) is 1. The van der Waals surface area contributed by atoms with Crippen molar-refractivity contribution in [1.82, 2.24) is 0 Å². The van der Waals surface area contributed by atoms with E-state index in [9.17, 15) is 0 Å². The molecule has 10 aromatic carbocycles. The molecule has 286 valence electrons. The van der Waals surface area contributed by atoms with Crippen molar-refractivity contribution in [3.05, 3.63) is 212 Å². The molecule has 0 aliphatic rings. The van der Waals surface area contributed by atoms with Crippen molar-refractivity contribution in [2.24, 2.45) is 0 Å². The second-order valence-electron chi connectivity index (χ2n) is 16.9. The molecule has 0 atom stereocenters. The molecule has 2 nitrogen and oxygen atoms in total. The molecule has 60 heavy (non-hydrogen) atoms. The van der Waals surface area contributed by atoms with Crippen LogP contribution < -0.4 is 4.90 Å². The molecular formula is C58H43NO. The van der Waals surface area contributed by atoms with Crippen LogP contribution in [0.15, 0.2) is 211 Å². The van der Waals surface area contributed by atoms with Crippen molar-refractivity contribution in [3.63, 3.8) is 0 Å². The van der Waals surface area contributed by atoms with Gasteiger partial charge in [-0.15, -0.1) is 0 Å². The summed E-state index contributed by atoms with van der Waals surface area (Å²) in [4.78, 5) is 2.37. The average molecular weight is 770 g/mol. The minimum Gasteiger partial charge on any atom is -0.456 e. The van der Waals surface area contributed by atoms with Crippen LogP contribution in [0.1, 0.15) is 26.3 Å². The van der Waals surface area contributed by atoms with Gasteiger partial charge >= 0.3 is 0 Å². The quantitative estimate of drug-likeness (QED) is 0.157. The number of benzene rings is 10. The summed E-state index contributed by atoms with van der Waals surface area (Å²) in [5, 5.41) is 11.3. The normalized spacial score (nSPS) is 11.9. The fraction of sp³-hybridized carbons (Fsp3) is 0.0690. The third-order valence-electron chi connectivity index (χ3n) is 12.1. The number of rotatable bonds is 6. The van der Waals surface area contributed by atoms with E-state index in [0.717, 1.165) is 39.4 Å². The molecule has 1 aromatic heterocycles. The van der Waals surface area contributed by atoms with Crippen molar-refractivity contribution >= 4 is 71.1 Å². The maximum atomic E-state index is 6.70. The standard InChI is InChI=1S/C58H43NO/c1-58(2,3)56-52-25-12-13-26-55(52)60-57(56)42-17-14-18-45(35-42)59(43-31-27-38(28-32-43)53-36-40-15-4-6-19-46(40)48-21-8-10-23-50(48)53)44-33-29-39(30-34-44)54-37-41-16-5-7-20-47(41)49-22-9-11-24-51(49)54/h4-37H,1-3H3. The van der Waals surface area contributed by atoms with E-state index in [4.69, 9.17) is 4.42 Å². The van der Waals surface area contributed by atoms with E-state index in [1.807, 2.05) is 0 Å². The number of anilines is 3. The Kier molecular flexibility index (Phi) is 8.42. The van der Waals surface area contributed by atoms with E-state index in [2.05, 4.69) is 232 Å². The Labute approximate surface area is 350 Å². The van der Waals surface area contributed by atoms with E-state index in [0.29, 0.717) is 0 Å². The SMILES string of the molecule is CC(C)(C)c1c(-c2cccc(N(c3ccc(-c4cc5ccccc5c5ccccc45)cc3)c3ccc(-c4cc5ccccc5c5ccccc45)cc3)c2)oc2ccccc12. The van der Waals surface area contributed by atoms with E-state index in [-0.39, 0.29) is 5.41 Å². The summed E-state index contributed by atoms with van der Waals surface area (Å²) in [6.45, 7) is 6.81. The van der Waals surface area contributed by atoms with Gasteiger partial charge in [-0.3, -0.25) is 0 Å². The Hall–Kier alpha value is -7.42. The van der Waals surface area contributed by atoms with Crippen molar-refractivity contribution in [3.8, 4) is 33.6 Å². The molecule has 11 aromatic rings. The minimum atomic E-state index is -0.122. The summed E-state index contributed by atoms with van der Waals surface area (Å²) in [6, 6.07) is 74.9. The zero-order valence-electron chi connectivity index (χ0n) is 34.0. The molecule has 0 aliphatic carbocycles. The Bertz CT molecular complexity index is 3240. The summed E-state index contributed by atoms with van der Waals surface area (Å²) in [5.41, 5.74) is 11.1. The lowest BCUT2D eigenvalue weighted by atomic mass is 9.83. The lowest BCUT2D eigenvalue weighted by Crippen LogP contribution is -2.12. The first-order chi connectivity index (χ1) is 29.4. The van der Waals surface area contributed by atoms with Gasteiger partial charge in [0.15, 0.2) is 0 Å². The summed E-state index contributed by atoms with van der Waals surface area (Å²) in [7, 11) is 0. The maximum absolute atomic E-state index is 6.70. The highest BCUT2D eigenvalue weighted by molar-refractivity contribution is 6.15. The van der Waals surface area contributed by atoms with Gasteiger partial charge in [0.05, 0.1) is 0 Å². The first kappa shape index (κ1) is 35.7. The van der Waals surface area contributed by atoms with Crippen LogP contribution in [0.25, 0.3) is 87.6 Å². The van der Waals surface area contributed by atoms with Crippen LogP contribution in [0.3, 0.4) is 0 Å². The Morgan fingerprint density at radius 1 is 0.350 bits per heavy atom. The average Bonchev–Trinajstić information content (AvgIpc) is 3.70. The van der Waals surface area contributed by atoms with Gasteiger partial charge in [0.1, 0.15) is 11.3 Å². The zero-order valence-corrected chi connectivity index (χ0v) is 34.0. The van der Waals surface area contributed by atoms with Gasteiger partial charge in [-0.2, -0.15) is 0 Å². The fourth-order valence-corrected chi connectivity index (χ4v) is 9.39. The molecule has 0 amide bonds. The monoisotopic (exact) mass is 769 g/mol. The molecule has 0 N–H and O–H groups in total. The zero-order chi connectivity index (χ0) is 40.4. The summed E-state index contributed by atoms with van der Waals surface area (Å²) >= 11 is 0. The second kappa shape index (κ2) is 14.1. The van der Waals surface area contributed by atoms with Crippen LogP contribution in [0.4, 0.5) is 17.1 Å². The highest BCUT2D eigenvalue weighted by Crippen LogP contribution is 2.45. The molecule has 0 fully saturated rings. The van der Waals surface area contributed by atoms with E-state index in [1.165, 1.54) is 70.9 Å². The molecule has 0 aliphatic heterocycles. The number of hydrogen-bond donors (Lipinski definition) is 0. The lowest BCUT2D eigenvalue weighted by Gasteiger charge is -2.27.